The van der Waals surface area contributed by atoms with Gasteiger partial charge < -0.3 is 9.47 Å². The second-order valence-corrected chi connectivity index (χ2v) is 4.45. The van der Waals surface area contributed by atoms with E-state index in [1.807, 2.05) is 19.9 Å². The number of aromatic nitrogens is 1. The molecule has 0 spiro atoms. The Hall–Kier alpha value is -2.24. The van der Waals surface area contributed by atoms with Crippen LogP contribution < -0.4 is 9.47 Å². The van der Waals surface area contributed by atoms with Crippen LogP contribution in [0.25, 0.3) is 0 Å². The molecule has 0 bridgehead atoms. The minimum absolute atomic E-state index is 0.289. The van der Waals surface area contributed by atoms with Crippen molar-refractivity contribution in [2.45, 2.75) is 26.6 Å². The Bertz CT molecular complexity index is 609. The number of aryl methyl sites for hydroxylation is 2. The molecule has 112 valence electrons. The molecule has 2 rings (SSSR count). The van der Waals surface area contributed by atoms with Crippen LogP contribution in [0.3, 0.4) is 0 Å². The number of hydrogen-bond donors (Lipinski definition) is 0. The lowest BCUT2D eigenvalue weighted by Crippen LogP contribution is -2.16. The highest BCUT2D eigenvalue weighted by Crippen LogP contribution is 2.28. The molecule has 0 atom stereocenters. The van der Waals surface area contributed by atoms with E-state index in [-0.39, 0.29) is 5.75 Å². The molecule has 0 radical (unpaired) electrons. The number of benzene rings is 1. The number of ether oxygens (including phenoxy) is 2. The molecular weight excluding hydrogens is 283 g/mol. The molecule has 0 N–H and O–H groups in total. The van der Waals surface area contributed by atoms with E-state index in [1.165, 1.54) is 24.3 Å². The molecule has 0 saturated carbocycles. The van der Waals surface area contributed by atoms with Crippen molar-refractivity contribution in [3.8, 4) is 17.4 Å². The molecular formula is C15H14F3NO2. The number of rotatable bonds is 4. The Morgan fingerprint density at radius 2 is 1.71 bits per heavy atom. The summed E-state index contributed by atoms with van der Waals surface area (Å²) in [5, 5.41) is 0. The average Bonchev–Trinajstić information content (AvgIpc) is 2.41. The molecule has 0 aliphatic heterocycles. The first-order valence-electron chi connectivity index (χ1n) is 6.36. The Morgan fingerprint density at radius 1 is 1.10 bits per heavy atom. The minimum atomic E-state index is -4.70. The van der Waals surface area contributed by atoms with Crippen LogP contribution >= 0.6 is 0 Å². The standard InChI is InChI=1S/C15H14F3NO2/c1-3-11-8-10(2)9-19-14(11)20-12-4-6-13(7-5-12)21-15(16,17)18/h4-9H,3H2,1-2H3. The van der Waals surface area contributed by atoms with Crippen LogP contribution in [0.1, 0.15) is 18.1 Å². The molecule has 0 aliphatic rings. The average molecular weight is 297 g/mol. The number of halogens is 3. The van der Waals surface area contributed by atoms with Gasteiger partial charge >= 0.3 is 6.36 Å². The molecule has 0 unspecified atom stereocenters. The second kappa shape index (κ2) is 6.03. The molecule has 0 aliphatic carbocycles. The summed E-state index contributed by atoms with van der Waals surface area (Å²) >= 11 is 0. The molecule has 0 saturated heterocycles. The van der Waals surface area contributed by atoms with Crippen LogP contribution in [0, 0.1) is 6.92 Å². The zero-order valence-electron chi connectivity index (χ0n) is 11.6. The van der Waals surface area contributed by atoms with Crippen LogP contribution in [-0.2, 0) is 6.42 Å². The van der Waals surface area contributed by atoms with E-state index in [0.717, 1.165) is 17.5 Å². The van der Waals surface area contributed by atoms with Gasteiger partial charge in [0.25, 0.3) is 0 Å². The zero-order chi connectivity index (χ0) is 15.5. The van der Waals surface area contributed by atoms with Crippen molar-refractivity contribution in [1.82, 2.24) is 4.98 Å². The molecule has 1 aromatic carbocycles. The van der Waals surface area contributed by atoms with Crippen molar-refractivity contribution in [2.24, 2.45) is 0 Å². The summed E-state index contributed by atoms with van der Waals surface area (Å²) in [5.41, 5.74) is 1.96. The molecule has 3 nitrogen and oxygen atoms in total. The summed E-state index contributed by atoms with van der Waals surface area (Å²) in [4.78, 5) is 4.19. The van der Waals surface area contributed by atoms with Gasteiger partial charge in [0.1, 0.15) is 11.5 Å². The Morgan fingerprint density at radius 3 is 2.29 bits per heavy atom. The molecule has 1 aromatic heterocycles. The van der Waals surface area contributed by atoms with Gasteiger partial charge in [0.2, 0.25) is 5.88 Å². The summed E-state index contributed by atoms with van der Waals surface area (Å²) in [5.74, 6) is 0.561. The molecule has 6 heteroatoms. The SMILES string of the molecule is CCc1cc(C)cnc1Oc1ccc(OC(F)(F)F)cc1. The highest BCUT2D eigenvalue weighted by Gasteiger charge is 2.30. The lowest BCUT2D eigenvalue weighted by molar-refractivity contribution is -0.274. The van der Waals surface area contributed by atoms with Crippen LogP contribution in [0.2, 0.25) is 0 Å². The summed E-state index contributed by atoms with van der Waals surface area (Å²) in [6, 6.07) is 7.17. The van der Waals surface area contributed by atoms with Crippen molar-refractivity contribution >= 4 is 0 Å². The fourth-order valence-corrected chi connectivity index (χ4v) is 1.78. The van der Waals surface area contributed by atoms with Crippen LogP contribution in [0.5, 0.6) is 17.4 Å². The van der Waals surface area contributed by atoms with Crippen molar-refractivity contribution < 1.29 is 22.6 Å². The summed E-state index contributed by atoms with van der Waals surface area (Å²) in [7, 11) is 0. The van der Waals surface area contributed by atoms with E-state index in [0.29, 0.717) is 11.6 Å². The largest absolute Gasteiger partial charge is 0.573 e. The fourth-order valence-electron chi connectivity index (χ4n) is 1.78. The maximum absolute atomic E-state index is 12.1. The first kappa shape index (κ1) is 15.2. The van der Waals surface area contributed by atoms with Crippen molar-refractivity contribution in [1.29, 1.82) is 0 Å². The molecule has 2 aromatic rings. The van der Waals surface area contributed by atoms with Gasteiger partial charge in [-0.15, -0.1) is 13.2 Å². The quantitative estimate of drug-likeness (QED) is 0.823. The normalized spacial score (nSPS) is 11.3. The lowest BCUT2D eigenvalue weighted by atomic mass is 10.2. The van der Waals surface area contributed by atoms with E-state index in [9.17, 15) is 13.2 Å². The zero-order valence-corrected chi connectivity index (χ0v) is 11.6. The van der Waals surface area contributed by atoms with Gasteiger partial charge in [0.15, 0.2) is 0 Å². The maximum atomic E-state index is 12.1. The minimum Gasteiger partial charge on any atom is -0.439 e. The van der Waals surface area contributed by atoms with E-state index in [4.69, 9.17) is 4.74 Å². The number of hydrogen-bond acceptors (Lipinski definition) is 3. The first-order valence-corrected chi connectivity index (χ1v) is 6.36. The molecule has 1 heterocycles. The van der Waals surface area contributed by atoms with Crippen molar-refractivity contribution in [2.75, 3.05) is 0 Å². The van der Waals surface area contributed by atoms with Gasteiger partial charge in [-0.25, -0.2) is 4.98 Å². The molecule has 21 heavy (non-hydrogen) atoms. The van der Waals surface area contributed by atoms with Gasteiger partial charge in [-0.2, -0.15) is 0 Å². The maximum Gasteiger partial charge on any atom is 0.573 e. The third-order valence-corrected chi connectivity index (χ3v) is 2.71. The Balaban J connectivity index is 2.14. The molecule has 0 amide bonds. The third kappa shape index (κ3) is 4.37. The Labute approximate surface area is 120 Å². The van der Waals surface area contributed by atoms with E-state index in [2.05, 4.69) is 9.72 Å². The number of nitrogens with zero attached hydrogens (tertiary/aromatic N) is 1. The monoisotopic (exact) mass is 297 g/mol. The highest BCUT2D eigenvalue weighted by molar-refractivity contribution is 5.37. The summed E-state index contributed by atoms with van der Waals surface area (Å²) < 4.78 is 45.6. The van der Waals surface area contributed by atoms with Gasteiger partial charge in [-0.05, 0) is 49.2 Å². The van der Waals surface area contributed by atoms with Crippen LogP contribution in [0.15, 0.2) is 36.5 Å². The molecule has 0 fully saturated rings. The number of pyridine rings is 1. The van der Waals surface area contributed by atoms with E-state index in [1.54, 1.807) is 6.20 Å². The predicted octanol–water partition coefficient (Wildman–Crippen LogP) is 4.64. The Kier molecular flexibility index (Phi) is 4.35. The highest BCUT2D eigenvalue weighted by atomic mass is 19.4. The number of alkyl halides is 3. The second-order valence-electron chi connectivity index (χ2n) is 4.45. The van der Waals surface area contributed by atoms with E-state index < -0.39 is 6.36 Å². The topological polar surface area (TPSA) is 31.4 Å². The van der Waals surface area contributed by atoms with Crippen LogP contribution in [0.4, 0.5) is 13.2 Å². The fraction of sp³-hybridized carbons (Fsp3) is 0.267. The van der Waals surface area contributed by atoms with Gasteiger partial charge in [0, 0.05) is 11.8 Å². The van der Waals surface area contributed by atoms with Gasteiger partial charge in [-0.1, -0.05) is 6.92 Å². The van der Waals surface area contributed by atoms with Gasteiger partial charge in [-0.3, -0.25) is 0 Å². The summed E-state index contributed by atoms with van der Waals surface area (Å²) in [6.45, 7) is 3.91. The van der Waals surface area contributed by atoms with Crippen molar-refractivity contribution in [3.63, 3.8) is 0 Å². The lowest BCUT2D eigenvalue weighted by Gasteiger charge is -2.11. The smallest absolute Gasteiger partial charge is 0.439 e. The third-order valence-electron chi connectivity index (χ3n) is 2.71. The van der Waals surface area contributed by atoms with Crippen molar-refractivity contribution in [3.05, 3.63) is 47.7 Å². The predicted molar refractivity (Wildman–Crippen MR) is 71.6 cm³/mol. The van der Waals surface area contributed by atoms with Gasteiger partial charge in [0.05, 0.1) is 0 Å². The van der Waals surface area contributed by atoms with Crippen LogP contribution in [-0.4, -0.2) is 11.3 Å². The first-order chi connectivity index (χ1) is 9.87. The van der Waals surface area contributed by atoms with E-state index >= 15 is 0 Å². The summed E-state index contributed by atoms with van der Waals surface area (Å²) in [6.07, 6.45) is -2.27.